The second-order valence-electron chi connectivity index (χ2n) is 11.8. The first-order valence-corrected chi connectivity index (χ1v) is 18.1. The van der Waals surface area contributed by atoms with Gasteiger partial charge in [0.2, 0.25) is 11.8 Å². The number of carbonyl (C=O) groups excluding carboxylic acids is 2. The van der Waals surface area contributed by atoms with Gasteiger partial charge in [0, 0.05) is 36.2 Å². The summed E-state index contributed by atoms with van der Waals surface area (Å²) in [6.45, 7) is 2.98. The van der Waals surface area contributed by atoms with Crippen LogP contribution >= 0.6 is 11.6 Å². The van der Waals surface area contributed by atoms with Crippen molar-refractivity contribution < 1.29 is 32.4 Å². The van der Waals surface area contributed by atoms with E-state index >= 15 is 0 Å². The molecule has 2 amide bonds. The summed E-state index contributed by atoms with van der Waals surface area (Å²) in [6, 6.07) is 22.9. The highest BCUT2D eigenvalue weighted by atomic mass is 35.5. The van der Waals surface area contributed by atoms with Gasteiger partial charge < -0.3 is 19.7 Å². The maximum absolute atomic E-state index is 14.8. The summed E-state index contributed by atoms with van der Waals surface area (Å²) >= 11 is 6.35. The molecule has 0 unspecified atom stereocenters. The highest BCUT2D eigenvalue weighted by molar-refractivity contribution is 7.92. The van der Waals surface area contributed by atoms with E-state index in [1.165, 1.54) is 56.4 Å². The van der Waals surface area contributed by atoms with Crippen LogP contribution in [0.2, 0.25) is 5.02 Å². The van der Waals surface area contributed by atoms with E-state index in [9.17, 15) is 28.1 Å². The van der Waals surface area contributed by atoms with Crippen molar-refractivity contribution in [3.8, 4) is 11.5 Å². The molecule has 0 saturated heterocycles. The van der Waals surface area contributed by atoms with Crippen molar-refractivity contribution >= 4 is 44.8 Å². The number of halogens is 1. The molecular formula is C37H41ClN4O8S. The number of benzene rings is 4. The van der Waals surface area contributed by atoms with Crippen molar-refractivity contribution in [1.29, 1.82) is 0 Å². The Morgan fingerprint density at radius 3 is 2.33 bits per heavy atom. The van der Waals surface area contributed by atoms with Crippen LogP contribution in [0.1, 0.15) is 36.5 Å². The molecule has 12 nitrogen and oxygen atoms in total. The third-order valence-corrected chi connectivity index (χ3v) is 10.2. The molecule has 4 rings (SSSR count). The van der Waals surface area contributed by atoms with Gasteiger partial charge in [0.25, 0.3) is 15.7 Å². The molecule has 0 radical (unpaired) electrons. The number of nitro groups is 1. The fourth-order valence-corrected chi connectivity index (χ4v) is 7.08. The number of ether oxygens (including phenoxy) is 2. The number of nitrogens with one attached hydrogen (secondary N) is 1. The monoisotopic (exact) mass is 736 g/mol. The number of rotatable bonds is 17. The minimum absolute atomic E-state index is 0.0742. The molecule has 14 heteroatoms. The third-order valence-electron chi connectivity index (χ3n) is 8.24. The molecule has 0 aromatic heterocycles. The molecule has 1 atom stereocenters. The quantitative estimate of drug-likeness (QED) is 0.0752. The summed E-state index contributed by atoms with van der Waals surface area (Å²) < 4.78 is 40.7. The minimum Gasteiger partial charge on any atom is -0.497 e. The first-order valence-electron chi connectivity index (χ1n) is 16.2. The lowest BCUT2D eigenvalue weighted by molar-refractivity contribution is -0.385. The first-order chi connectivity index (χ1) is 24.4. The number of unbranched alkanes of at least 4 members (excludes halogenated alkanes) is 1. The summed E-state index contributed by atoms with van der Waals surface area (Å²) in [7, 11) is -1.84. The maximum Gasteiger partial charge on any atom is 0.273 e. The zero-order valence-corrected chi connectivity index (χ0v) is 30.4. The van der Waals surface area contributed by atoms with E-state index in [1.54, 1.807) is 24.3 Å². The number of carbonyl (C=O) groups is 2. The molecule has 0 aliphatic rings. The van der Waals surface area contributed by atoms with Crippen LogP contribution in [0.3, 0.4) is 0 Å². The largest absolute Gasteiger partial charge is 0.497 e. The first kappa shape index (κ1) is 38.7. The summed E-state index contributed by atoms with van der Waals surface area (Å²) in [6.07, 6.45) is 1.68. The van der Waals surface area contributed by atoms with Crippen LogP contribution < -0.4 is 19.1 Å². The Labute approximate surface area is 303 Å². The molecule has 0 bridgehead atoms. The zero-order valence-electron chi connectivity index (χ0n) is 28.9. The highest BCUT2D eigenvalue weighted by Crippen LogP contribution is 2.36. The summed E-state index contributed by atoms with van der Waals surface area (Å²) in [5.41, 5.74) is 1.18. The molecule has 0 saturated carbocycles. The fourth-order valence-electron chi connectivity index (χ4n) is 5.47. The number of nitrogens with zero attached hydrogens (tertiary/aromatic N) is 3. The normalized spacial score (nSPS) is 11.7. The number of hydrogen-bond acceptors (Lipinski definition) is 8. The van der Waals surface area contributed by atoms with Crippen molar-refractivity contribution in [2.75, 3.05) is 31.6 Å². The van der Waals surface area contributed by atoms with Crippen molar-refractivity contribution in [3.63, 3.8) is 0 Å². The fraction of sp³-hybridized carbons (Fsp3) is 0.297. The molecule has 0 aliphatic heterocycles. The van der Waals surface area contributed by atoms with Crippen molar-refractivity contribution in [2.45, 2.75) is 50.6 Å². The Bertz CT molecular complexity index is 1960. The number of aryl methyl sites for hydroxylation is 1. The van der Waals surface area contributed by atoms with Crippen molar-refractivity contribution in [1.82, 2.24) is 10.2 Å². The molecule has 0 fully saturated rings. The molecule has 4 aromatic carbocycles. The lowest BCUT2D eigenvalue weighted by Crippen LogP contribution is -2.53. The van der Waals surface area contributed by atoms with Crippen molar-refractivity contribution in [3.05, 3.63) is 123 Å². The van der Waals surface area contributed by atoms with E-state index in [0.717, 1.165) is 28.8 Å². The predicted molar refractivity (Wildman–Crippen MR) is 196 cm³/mol. The number of hydrogen-bond donors (Lipinski definition) is 1. The maximum atomic E-state index is 14.8. The van der Waals surface area contributed by atoms with E-state index < -0.39 is 49.9 Å². The molecule has 4 aromatic rings. The zero-order chi connectivity index (χ0) is 37.1. The summed E-state index contributed by atoms with van der Waals surface area (Å²) in [4.78, 5) is 40.8. The van der Waals surface area contributed by atoms with E-state index in [0.29, 0.717) is 17.9 Å². The Kier molecular flexibility index (Phi) is 13.4. The SMILES string of the molecule is CCCCNC(=O)[C@@H](Cc1ccccc1)N(Cc1cccc(OC)c1)C(=O)CN(c1cc(Cl)ccc1OC)S(=O)(=O)c1ccc(C)c([N+](=O)[O-])c1. The van der Waals surface area contributed by atoms with Crippen LogP contribution in [0.25, 0.3) is 0 Å². The van der Waals surface area contributed by atoms with Gasteiger partial charge in [-0.15, -0.1) is 0 Å². The van der Waals surface area contributed by atoms with E-state index in [2.05, 4.69) is 5.32 Å². The summed E-state index contributed by atoms with van der Waals surface area (Å²) in [5, 5.41) is 14.9. The van der Waals surface area contributed by atoms with Crippen LogP contribution in [-0.2, 0) is 32.6 Å². The van der Waals surface area contributed by atoms with Gasteiger partial charge in [-0.2, -0.15) is 0 Å². The van der Waals surface area contributed by atoms with E-state index in [4.69, 9.17) is 21.1 Å². The predicted octanol–water partition coefficient (Wildman–Crippen LogP) is 6.33. The van der Waals surface area contributed by atoms with Gasteiger partial charge >= 0.3 is 0 Å². The second-order valence-corrected chi connectivity index (χ2v) is 14.1. The lowest BCUT2D eigenvalue weighted by atomic mass is 10.0. The Balaban J connectivity index is 1.89. The second kappa shape index (κ2) is 17.7. The molecule has 270 valence electrons. The molecule has 0 heterocycles. The summed E-state index contributed by atoms with van der Waals surface area (Å²) in [5.74, 6) is -0.528. The highest BCUT2D eigenvalue weighted by Gasteiger charge is 2.36. The van der Waals surface area contributed by atoms with Gasteiger partial charge in [0.05, 0.1) is 29.7 Å². The molecular weight excluding hydrogens is 696 g/mol. The van der Waals surface area contributed by atoms with Crippen LogP contribution in [0.15, 0.2) is 95.9 Å². The third kappa shape index (κ3) is 9.77. The number of amides is 2. The van der Waals surface area contributed by atoms with Gasteiger partial charge in [-0.25, -0.2) is 8.42 Å². The Hall–Kier alpha value is -5.14. The van der Waals surface area contributed by atoms with Crippen molar-refractivity contribution in [2.24, 2.45) is 0 Å². The minimum atomic E-state index is -4.69. The Morgan fingerprint density at radius 2 is 1.67 bits per heavy atom. The molecule has 1 N–H and O–H groups in total. The molecule has 51 heavy (non-hydrogen) atoms. The average molecular weight is 737 g/mol. The molecule has 0 spiro atoms. The lowest BCUT2D eigenvalue weighted by Gasteiger charge is -2.34. The van der Waals surface area contributed by atoms with Gasteiger partial charge in [0.1, 0.15) is 24.1 Å². The van der Waals surface area contributed by atoms with Crippen LogP contribution in [-0.4, -0.2) is 63.4 Å². The number of nitro benzene ring substituents is 1. The van der Waals surface area contributed by atoms with Crippen LogP contribution in [0.5, 0.6) is 11.5 Å². The average Bonchev–Trinajstić information content (AvgIpc) is 3.12. The number of methoxy groups -OCH3 is 2. The van der Waals surface area contributed by atoms with Crippen LogP contribution in [0, 0.1) is 17.0 Å². The Morgan fingerprint density at radius 1 is 0.941 bits per heavy atom. The van der Waals surface area contributed by atoms with Crippen LogP contribution in [0.4, 0.5) is 11.4 Å². The van der Waals surface area contributed by atoms with Gasteiger partial charge in [-0.05, 0) is 60.9 Å². The van der Waals surface area contributed by atoms with E-state index in [-0.39, 0.29) is 35.0 Å². The smallest absolute Gasteiger partial charge is 0.273 e. The number of anilines is 1. The van der Waals surface area contributed by atoms with Gasteiger partial charge in [0.15, 0.2) is 0 Å². The standard InChI is InChI=1S/C37H41ClN4O8S/c1-5-6-19-39-37(44)34(21-27-11-8-7-9-12-27)40(24-28-13-10-14-30(20-28)49-3)36(43)25-41(33-22-29(38)16-18-35(33)50-4)51(47,48)31-17-15-26(2)32(23-31)42(45)46/h7-18,20,22-23,34H,5-6,19,21,24-25H2,1-4H3,(H,39,44)/t34-/m1/s1. The number of sulfonamides is 1. The van der Waals surface area contributed by atoms with Gasteiger partial charge in [-0.1, -0.05) is 73.5 Å². The molecule has 0 aliphatic carbocycles. The van der Waals surface area contributed by atoms with E-state index in [1.807, 2.05) is 37.3 Å². The van der Waals surface area contributed by atoms with Gasteiger partial charge in [-0.3, -0.25) is 24.0 Å². The topological polar surface area (TPSA) is 148 Å².